The van der Waals surface area contributed by atoms with Gasteiger partial charge in [-0.2, -0.15) is 13.2 Å². The highest BCUT2D eigenvalue weighted by Crippen LogP contribution is 2.17. The van der Waals surface area contributed by atoms with Crippen LogP contribution in [0.15, 0.2) is 6.33 Å². The van der Waals surface area contributed by atoms with Crippen molar-refractivity contribution in [1.82, 2.24) is 14.5 Å². The molecule has 0 atom stereocenters. The maximum atomic E-state index is 11.9. The van der Waals surface area contributed by atoms with Gasteiger partial charge in [0.05, 0.1) is 18.6 Å². The first kappa shape index (κ1) is 13.4. The van der Waals surface area contributed by atoms with Crippen molar-refractivity contribution >= 4 is 0 Å². The molecule has 0 amide bonds. The summed E-state index contributed by atoms with van der Waals surface area (Å²) < 4.78 is 42.2. The van der Waals surface area contributed by atoms with E-state index < -0.39 is 12.8 Å². The summed E-state index contributed by atoms with van der Waals surface area (Å²) in [7, 11) is 1.95. The molecule has 102 valence electrons. The predicted molar refractivity (Wildman–Crippen MR) is 59.1 cm³/mol. The van der Waals surface area contributed by atoms with E-state index in [1.807, 2.05) is 11.6 Å². The van der Waals surface area contributed by atoms with Crippen LogP contribution in [0.1, 0.15) is 11.4 Å². The number of fused-ring (bicyclic) bond motifs is 1. The number of halogens is 3. The number of rotatable bonds is 4. The normalized spacial score (nSPS) is 16.9. The Bertz CT molecular complexity index is 403. The number of ether oxygens (including phenoxy) is 1. The summed E-state index contributed by atoms with van der Waals surface area (Å²) in [5.74, 6) is 0. The molecular weight excluding hydrogens is 247 g/mol. The Morgan fingerprint density at radius 3 is 2.94 bits per heavy atom. The van der Waals surface area contributed by atoms with Crippen LogP contribution >= 0.6 is 0 Å². The fraction of sp³-hybridized carbons (Fsp3) is 0.727. The highest BCUT2D eigenvalue weighted by molar-refractivity contribution is 5.16. The zero-order chi connectivity index (χ0) is 13.2. The van der Waals surface area contributed by atoms with Gasteiger partial charge in [0.1, 0.15) is 6.61 Å². The average molecular weight is 263 g/mol. The van der Waals surface area contributed by atoms with Gasteiger partial charge in [-0.05, 0) is 0 Å². The van der Waals surface area contributed by atoms with E-state index >= 15 is 0 Å². The number of aryl methyl sites for hydroxylation is 1. The molecule has 1 aromatic rings. The van der Waals surface area contributed by atoms with Gasteiger partial charge in [-0.3, -0.25) is 4.90 Å². The molecule has 0 saturated heterocycles. The van der Waals surface area contributed by atoms with Crippen LogP contribution in [0.25, 0.3) is 0 Å². The number of hydrogen-bond acceptors (Lipinski definition) is 3. The van der Waals surface area contributed by atoms with Crippen LogP contribution in [0.4, 0.5) is 13.2 Å². The summed E-state index contributed by atoms with van der Waals surface area (Å²) in [4.78, 5) is 6.34. The minimum Gasteiger partial charge on any atom is -0.371 e. The van der Waals surface area contributed by atoms with Crippen molar-refractivity contribution in [3.8, 4) is 0 Å². The lowest BCUT2D eigenvalue weighted by molar-refractivity contribution is -0.174. The quantitative estimate of drug-likeness (QED) is 0.768. The van der Waals surface area contributed by atoms with Crippen molar-refractivity contribution in [3.05, 3.63) is 17.7 Å². The summed E-state index contributed by atoms with van der Waals surface area (Å²) >= 11 is 0. The van der Waals surface area contributed by atoms with Gasteiger partial charge in [0.2, 0.25) is 0 Å². The van der Waals surface area contributed by atoms with Gasteiger partial charge in [0.15, 0.2) is 0 Å². The monoisotopic (exact) mass is 263 g/mol. The lowest BCUT2D eigenvalue weighted by Gasteiger charge is -2.26. The van der Waals surface area contributed by atoms with E-state index in [9.17, 15) is 13.2 Å². The van der Waals surface area contributed by atoms with Crippen LogP contribution in [-0.4, -0.2) is 46.9 Å². The second-order valence-electron chi connectivity index (χ2n) is 4.44. The van der Waals surface area contributed by atoms with Gasteiger partial charge in [0.25, 0.3) is 0 Å². The average Bonchev–Trinajstić information content (AvgIpc) is 2.65. The van der Waals surface area contributed by atoms with Crippen molar-refractivity contribution in [3.63, 3.8) is 0 Å². The molecule has 0 aromatic carbocycles. The first-order chi connectivity index (χ1) is 8.46. The summed E-state index contributed by atoms with van der Waals surface area (Å²) in [5.41, 5.74) is 2.22. The zero-order valence-corrected chi connectivity index (χ0v) is 10.2. The second-order valence-corrected chi connectivity index (χ2v) is 4.44. The Balaban J connectivity index is 1.73. The smallest absolute Gasteiger partial charge is 0.371 e. The van der Waals surface area contributed by atoms with E-state index in [1.165, 1.54) is 5.69 Å². The largest absolute Gasteiger partial charge is 0.411 e. The lowest BCUT2D eigenvalue weighted by atomic mass is 10.1. The van der Waals surface area contributed by atoms with E-state index in [-0.39, 0.29) is 6.61 Å². The van der Waals surface area contributed by atoms with E-state index in [0.717, 1.165) is 18.7 Å². The standard InChI is InChI=1S/C11H16F3N3O/c1-16-8-15-9-6-17(3-2-10(9)16)4-5-18-7-11(12,13)14/h8H,2-7H2,1H3. The fourth-order valence-electron chi connectivity index (χ4n) is 2.08. The molecule has 18 heavy (non-hydrogen) atoms. The molecule has 1 aliphatic heterocycles. The molecule has 0 unspecified atom stereocenters. The highest BCUT2D eigenvalue weighted by atomic mass is 19.4. The van der Waals surface area contributed by atoms with Gasteiger partial charge in [-0.15, -0.1) is 0 Å². The SMILES string of the molecule is Cn1cnc2c1CCN(CCOCC(F)(F)F)C2. The van der Waals surface area contributed by atoms with E-state index in [1.54, 1.807) is 6.33 Å². The molecule has 0 aliphatic carbocycles. The number of aromatic nitrogens is 2. The molecule has 7 heteroatoms. The number of nitrogens with zero attached hydrogens (tertiary/aromatic N) is 3. The topological polar surface area (TPSA) is 30.3 Å². The maximum Gasteiger partial charge on any atom is 0.411 e. The van der Waals surface area contributed by atoms with Crippen molar-refractivity contribution in [2.45, 2.75) is 19.1 Å². The first-order valence-electron chi connectivity index (χ1n) is 5.81. The zero-order valence-electron chi connectivity index (χ0n) is 10.2. The number of imidazole rings is 1. The molecule has 0 fully saturated rings. The van der Waals surface area contributed by atoms with E-state index in [2.05, 4.69) is 14.6 Å². The Kier molecular flexibility index (Phi) is 3.91. The molecule has 4 nitrogen and oxygen atoms in total. The van der Waals surface area contributed by atoms with Crippen LogP contribution in [0.3, 0.4) is 0 Å². The predicted octanol–water partition coefficient (Wildman–Crippen LogP) is 1.36. The Morgan fingerprint density at radius 2 is 2.22 bits per heavy atom. The maximum absolute atomic E-state index is 11.9. The molecule has 0 radical (unpaired) electrons. The highest BCUT2D eigenvalue weighted by Gasteiger charge is 2.27. The third kappa shape index (κ3) is 3.46. The minimum atomic E-state index is -4.24. The van der Waals surface area contributed by atoms with Crippen LogP contribution < -0.4 is 0 Å². The van der Waals surface area contributed by atoms with Gasteiger partial charge in [-0.25, -0.2) is 4.98 Å². The van der Waals surface area contributed by atoms with Crippen molar-refractivity contribution in [2.24, 2.45) is 7.05 Å². The van der Waals surface area contributed by atoms with Crippen LogP contribution in [0.5, 0.6) is 0 Å². The molecule has 2 heterocycles. The van der Waals surface area contributed by atoms with E-state index in [4.69, 9.17) is 0 Å². The number of hydrogen-bond donors (Lipinski definition) is 0. The van der Waals surface area contributed by atoms with Crippen molar-refractivity contribution in [1.29, 1.82) is 0 Å². The fourth-order valence-corrected chi connectivity index (χ4v) is 2.08. The van der Waals surface area contributed by atoms with Gasteiger partial charge >= 0.3 is 6.18 Å². The molecule has 1 aliphatic rings. The van der Waals surface area contributed by atoms with Crippen LogP contribution in [0.2, 0.25) is 0 Å². The third-order valence-electron chi connectivity index (χ3n) is 3.00. The molecule has 0 spiro atoms. The summed E-state index contributed by atoms with van der Waals surface area (Å²) in [5, 5.41) is 0. The molecule has 1 aromatic heterocycles. The number of alkyl halides is 3. The second kappa shape index (κ2) is 5.27. The van der Waals surface area contributed by atoms with Crippen molar-refractivity contribution in [2.75, 3.05) is 26.3 Å². The molecule has 0 saturated carbocycles. The van der Waals surface area contributed by atoms with Crippen LogP contribution in [0, 0.1) is 0 Å². The van der Waals surface area contributed by atoms with Gasteiger partial charge < -0.3 is 9.30 Å². The molecular formula is C11H16F3N3O. The van der Waals surface area contributed by atoms with Gasteiger partial charge in [-0.1, -0.05) is 0 Å². The first-order valence-corrected chi connectivity index (χ1v) is 5.81. The minimum absolute atomic E-state index is 0.0989. The lowest BCUT2D eigenvalue weighted by Crippen LogP contribution is -2.34. The Hall–Kier alpha value is -1.08. The molecule has 0 bridgehead atoms. The van der Waals surface area contributed by atoms with Crippen LogP contribution in [-0.2, 0) is 24.8 Å². The Morgan fingerprint density at radius 1 is 1.44 bits per heavy atom. The molecule has 2 rings (SSSR count). The summed E-state index contributed by atoms with van der Waals surface area (Å²) in [6, 6.07) is 0. The van der Waals surface area contributed by atoms with E-state index in [0.29, 0.717) is 13.1 Å². The summed E-state index contributed by atoms with van der Waals surface area (Å²) in [6.45, 7) is 0.955. The van der Waals surface area contributed by atoms with Gasteiger partial charge in [0, 0.05) is 38.8 Å². The van der Waals surface area contributed by atoms with Crippen molar-refractivity contribution < 1.29 is 17.9 Å². The third-order valence-corrected chi connectivity index (χ3v) is 3.00. The Labute approximate surface area is 103 Å². The molecule has 0 N–H and O–H groups in total. The summed E-state index contributed by atoms with van der Waals surface area (Å²) in [6.07, 6.45) is -1.59.